The lowest BCUT2D eigenvalue weighted by atomic mass is 9.83. The first-order valence-electron chi connectivity index (χ1n) is 14.0. The van der Waals surface area contributed by atoms with Crippen LogP contribution >= 0.6 is 0 Å². The van der Waals surface area contributed by atoms with Crippen molar-refractivity contribution in [2.45, 2.75) is 78.2 Å². The van der Waals surface area contributed by atoms with Crippen LogP contribution < -0.4 is 5.32 Å². The molecule has 1 aromatic carbocycles. The van der Waals surface area contributed by atoms with E-state index in [0.717, 1.165) is 43.2 Å². The Morgan fingerprint density at radius 3 is 2.44 bits per heavy atom. The molecule has 2 atom stereocenters. The van der Waals surface area contributed by atoms with Gasteiger partial charge in [-0.25, -0.2) is 4.79 Å². The zero-order valence-corrected chi connectivity index (χ0v) is 23.7. The van der Waals surface area contributed by atoms with E-state index < -0.39 is 12.0 Å². The molecule has 0 spiro atoms. The number of nitrogens with zero attached hydrogens (tertiary/aromatic N) is 1. The minimum Gasteiger partial charge on any atom is -0.449 e. The fourth-order valence-corrected chi connectivity index (χ4v) is 4.39. The number of nitrogens with one attached hydrogen (secondary N) is 1. The molecule has 1 aromatic rings. The fourth-order valence-electron chi connectivity index (χ4n) is 4.39. The van der Waals surface area contributed by atoms with E-state index in [4.69, 9.17) is 9.47 Å². The molecular weight excluding hydrogens is 500 g/mol. The third kappa shape index (κ3) is 12.6. The van der Waals surface area contributed by atoms with Gasteiger partial charge in [-0.1, -0.05) is 44.0 Å². The Kier molecular flexibility index (Phi) is 14.4. The van der Waals surface area contributed by atoms with E-state index in [1.54, 1.807) is 18.9 Å². The number of benzene rings is 1. The molecular formula is C30H44N2O7. The molecule has 0 aromatic heterocycles. The van der Waals surface area contributed by atoms with Gasteiger partial charge >= 0.3 is 6.09 Å². The number of unbranched alkanes of at least 4 members (excludes halogenated alkanes) is 1. The molecule has 1 aliphatic carbocycles. The van der Waals surface area contributed by atoms with Gasteiger partial charge in [-0.15, -0.1) is 0 Å². The van der Waals surface area contributed by atoms with Gasteiger partial charge in [0.1, 0.15) is 24.0 Å². The molecule has 0 radical (unpaired) electrons. The second-order valence-electron chi connectivity index (χ2n) is 10.5. The van der Waals surface area contributed by atoms with Crippen LogP contribution in [0.1, 0.15) is 76.3 Å². The molecule has 39 heavy (non-hydrogen) atoms. The highest BCUT2D eigenvalue weighted by Gasteiger charge is 2.28. The third-order valence-electron chi connectivity index (χ3n) is 7.11. The van der Waals surface area contributed by atoms with Gasteiger partial charge in [0, 0.05) is 45.3 Å². The summed E-state index contributed by atoms with van der Waals surface area (Å²) >= 11 is 0. The number of Topliss-reactive ketones (excluding diaryl/α,β-unsaturated/α-hetero) is 3. The Labute approximate surface area is 232 Å². The number of hydrogen-bond acceptors (Lipinski definition) is 7. The Bertz CT molecular complexity index is 961. The minimum atomic E-state index is -0.483. The van der Waals surface area contributed by atoms with Gasteiger partial charge in [-0.2, -0.15) is 0 Å². The smallest absolute Gasteiger partial charge is 0.407 e. The maximum atomic E-state index is 12.5. The Morgan fingerprint density at radius 1 is 1.03 bits per heavy atom. The molecule has 1 N–H and O–H groups in total. The van der Waals surface area contributed by atoms with Crippen molar-refractivity contribution in [2.24, 2.45) is 11.8 Å². The standard InChI is InChI=1S/C30H44N2O7/c1-22(23(2)33)9-6-7-16-31-30(37)39-18-8-17-38-21-29(36)32(3)20-25-14-12-24(13-15-25)19-28(35)26-10-4-5-11-27(26)34/h12-15,22,26H,4-11,16-21H2,1-3H3,(H,31,37). The van der Waals surface area contributed by atoms with Crippen LogP contribution in [0.5, 0.6) is 0 Å². The molecule has 0 saturated heterocycles. The average Bonchev–Trinajstić information content (AvgIpc) is 2.91. The molecule has 0 bridgehead atoms. The Hall–Kier alpha value is -3.07. The van der Waals surface area contributed by atoms with Crippen molar-refractivity contribution in [1.29, 1.82) is 0 Å². The van der Waals surface area contributed by atoms with Gasteiger partial charge in [0.25, 0.3) is 0 Å². The molecule has 1 saturated carbocycles. The quantitative estimate of drug-likeness (QED) is 0.232. The van der Waals surface area contributed by atoms with Crippen molar-refractivity contribution < 1.29 is 33.4 Å². The predicted molar refractivity (Wildman–Crippen MR) is 147 cm³/mol. The van der Waals surface area contributed by atoms with Gasteiger partial charge < -0.3 is 19.7 Å². The van der Waals surface area contributed by atoms with Crippen LogP contribution in [0.2, 0.25) is 0 Å². The summed E-state index contributed by atoms with van der Waals surface area (Å²) < 4.78 is 10.5. The van der Waals surface area contributed by atoms with E-state index in [1.807, 2.05) is 31.2 Å². The highest BCUT2D eigenvalue weighted by molar-refractivity contribution is 6.03. The van der Waals surface area contributed by atoms with Crippen molar-refractivity contribution in [2.75, 3.05) is 33.4 Å². The number of alkyl carbamates (subject to hydrolysis) is 1. The molecule has 9 heteroatoms. The summed E-state index contributed by atoms with van der Waals surface area (Å²) in [6, 6.07) is 7.54. The maximum Gasteiger partial charge on any atom is 0.407 e. The number of ether oxygens (including phenoxy) is 2. The summed E-state index contributed by atoms with van der Waals surface area (Å²) in [6.45, 7) is 4.84. The minimum absolute atomic E-state index is 0.00456. The van der Waals surface area contributed by atoms with E-state index >= 15 is 0 Å². The number of ketones is 3. The van der Waals surface area contributed by atoms with Gasteiger partial charge in [-0.3, -0.25) is 19.2 Å². The fraction of sp³-hybridized carbons (Fsp3) is 0.633. The van der Waals surface area contributed by atoms with Crippen molar-refractivity contribution >= 4 is 29.4 Å². The van der Waals surface area contributed by atoms with Crippen LogP contribution in [0.25, 0.3) is 0 Å². The second-order valence-corrected chi connectivity index (χ2v) is 10.5. The van der Waals surface area contributed by atoms with Crippen LogP contribution in [-0.2, 0) is 41.6 Å². The van der Waals surface area contributed by atoms with E-state index in [2.05, 4.69) is 5.32 Å². The van der Waals surface area contributed by atoms with E-state index in [1.165, 1.54) is 0 Å². The van der Waals surface area contributed by atoms with E-state index in [9.17, 15) is 24.0 Å². The maximum absolute atomic E-state index is 12.5. The number of rotatable bonds is 17. The number of likely N-dealkylation sites (N-methyl/N-ethyl adjacent to an activating group) is 1. The second kappa shape index (κ2) is 17.5. The SMILES string of the molecule is CC(=O)C(C)CCCCNC(=O)OCCCOCC(=O)N(C)Cc1ccc(CC(=O)C2CCCCC2=O)cc1. The molecule has 1 fully saturated rings. The molecule has 2 amide bonds. The third-order valence-corrected chi connectivity index (χ3v) is 7.11. The van der Waals surface area contributed by atoms with E-state index in [0.29, 0.717) is 39.0 Å². The molecule has 216 valence electrons. The van der Waals surface area contributed by atoms with Crippen LogP contribution in [0.15, 0.2) is 24.3 Å². The average molecular weight is 545 g/mol. The first kappa shape index (κ1) is 32.1. The first-order chi connectivity index (χ1) is 18.7. The van der Waals surface area contributed by atoms with E-state index in [-0.39, 0.29) is 48.8 Å². The van der Waals surface area contributed by atoms with Crippen LogP contribution in [-0.4, -0.2) is 67.7 Å². The highest BCUT2D eigenvalue weighted by atomic mass is 16.5. The summed E-state index contributed by atoms with van der Waals surface area (Å²) in [5.74, 6) is -0.308. The highest BCUT2D eigenvalue weighted by Crippen LogP contribution is 2.23. The molecule has 0 heterocycles. The number of carbonyl (C=O) groups is 5. The molecule has 2 rings (SSSR count). The monoisotopic (exact) mass is 544 g/mol. The van der Waals surface area contributed by atoms with Gasteiger partial charge in [0.15, 0.2) is 0 Å². The lowest BCUT2D eigenvalue weighted by Crippen LogP contribution is -2.30. The normalized spacial score (nSPS) is 15.9. The summed E-state index contributed by atoms with van der Waals surface area (Å²) in [7, 11) is 1.70. The molecule has 0 aliphatic heterocycles. The summed E-state index contributed by atoms with van der Waals surface area (Å²) in [5, 5.41) is 2.68. The zero-order chi connectivity index (χ0) is 28.6. The topological polar surface area (TPSA) is 119 Å². The van der Waals surface area contributed by atoms with Crippen LogP contribution in [0.3, 0.4) is 0 Å². The van der Waals surface area contributed by atoms with Crippen LogP contribution in [0.4, 0.5) is 4.79 Å². The molecule has 1 aliphatic rings. The lowest BCUT2D eigenvalue weighted by molar-refractivity contribution is -0.136. The Balaban J connectivity index is 1.54. The summed E-state index contributed by atoms with van der Waals surface area (Å²) in [6.07, 6.45) is 5.71. The Morgan fingerprint density at radius 2 is 1.74 bits per heavy atom. The lowest BCUT2D eigenvalue weighted by Gasteiger charge is -2.19. The van der Waals surface area contributed by atoms with Crippen molar-refractivity contribution in [3.63, 3.8) is 0 Å². The summed E-state index contributed by atoms with van der Waals surface area (Å²) in [4.78, 5) is 61.3. The van der Waals surface area contributed by atoms with Gasteiger partial charge in [-0.05, 0) is 43.7 Å². The number of amides is 2. The van der Waals surface area contributed by atoms with Crippen molar-refractivity contribution in [3.8, 4) is 0 Å². The number of carbonyl (C=O) groups excluding carboxylic acids is 5. The molecule has 2 unspecified atom stereocenters. The molecule has 9 nitrogen and oxygen atoms in total. The summed E-state index contributed by atoms with van der Waals surface area (Å²) in [5.41, 5.74) is 1.80. The first-order valence-corrected chi connectivity index (χ1v) is 14.0. The van der Waals surface area contributed by atoms with Crippen LogP contribution in [0, 0.1) is 11.8 Å². The largest absolute Gasteiger partial charge is 0.449 e. The predicted octanol–water partition coefficient (Wildman–Crippen LogP) is 4.04. The van der Waals surface area contributed by atoms with Gasteiger partial charge in [0.05, 0.1) is 19.1 Å². The van der Waals surface area contributed by atoms with Gasteiger partial charge in [0.2, 0.25) is 5.91 Å². The van der Waals surface area contributed by atoms with Crippen molar-refractivity contribution in [1.82, 2.24) is 10.2 Å². The van der Waals surface area contributed by atoms with Crippen molar-refractivity contribution in [3.05, 3.63) is 35.4 Å². The number of hydrogen-bond donors (Lipinski definition) is 1. The zero-order valence-electron chi connectivity index (χ0n) is 23.7.